The molecule has 0 amide bonds. The predicted octanol–water partition coefficient (Wildman–Crippen LogP) is 4.80. The highest BCUT2D eigenvalue weighted by molar-refractivity contribution is 5.97. The maximum Gasteiger partial charge on any atom is 0.307 e. The van der Waals surface area contributed by atoms with Gasteiger partial charge in [-0.1, -0.05) is 29.8 Å². The summed E-state index contributed by atoms with van der Waals surface area (Å²) in [6.07, 6.45) is 2.68. The molecule has 6 heteroatoms. The first-order valence-corrected chi connectivity index (χ1v) is 10.2. The summed E-state index contributed by atoms with van der Waals surface area (Å²) >= 11 is 0. The molecule has 0 saturated carbocycles. The van der Waals surface area contributed by atoms with Crippen LogP contribution >= 0.6 is 0 Å². The smallest absolute Gasteiger partial charge is 0.307 e. The van der Waals surface area contributed by atoms with Gasteiger partial charge < -0.3 is 9.15 Å². The predicted molar refractivity (Wildman–Crippen MR) is 111 cm³/mol. The molecule has 3 aromatic rings. The van der Waals surface area contributed by atoms with E-state index in [1.54, 1.807) is 6.92 Å². The van der Waals surface area contributed by atoms with Gasteiger partial charge in [-0.05, 0) is 62.4 Å². The number of esters is 1. The molecule has 0 saturated heterocycles. The number of hydrogen-bond donors (Lipinski definition) is 0. The number of ketones is 1. The molecule has 0 spiro atoms. The summed E-state index contributed by atoms with van der Waals surface area (Å²) in [7, 11) is 0. The summed E-state index contributed by atoms with van der Waals surface area (Å²) < 4.78 is 11.0. The Labute approximate surface area is 175 Å². The Hall–Kier alpha value is -3.28. The molecule has 0 N–H and O–H groups in total. The van der Waals surface area contributed by atoms with Crippen molar-refractivity contribution in [3.8, 4) is 11.5 Å². The van der Waals surface area contributed by atoms with E-state index in [0.29, 0.717) is 11.5 Å². The third-order valence-corrected chi connectivity index (χ3v) is 5.37. The summed E-state index contributed by atoms with van der Waals surface area (Å²) in [4.78, 5) is 24.6. The molecular formula is C24H24N2O4. The van der Waals surface area contributed by atoms with Crippen LogP contribution in [0.3, 0.4) is 0 Å². The molecule has 0 radical (unpaired) electrons. The molecule has 2 aromatic carbocycles. The van der Waals surface area contributed by atoms with Crippen molar-refractivity contribution in [3.63, 3.8) is 0 Å². The van der Waals surface area contributed by atoms with Gasteiger partial charge in [-0.3, -0.25) is 9.59 Å². The fourth-order valence-electron chi connectivity index (χ4n) is 3.62. The standard InChI is InChI=1S/C24H24N2O4/c1-15-6-8-18(9-7-15)24-26-25-23(30-24)16(2)29-22(28)13-12-21(27)20-11-10-17-4-3-5-19(17)14-20/h6-11,14,16H,3-5,12-13H2,1-2H3/t16-/m0/s1. The lowest BCUT2D eigenvalue weighted by Gasteiger charge is -2.09. The van der Waals surface area contributed by atoms with Crippen molar-refractivity contribution < 1.29 is 18.7 Å². The molecule has 1 heterocycles. The number of benzene rings is 2. The monoisotopic (exact) mass is 404 g/mol. The van der Waals surface area contributed by atoms with Crippen molar-refractivity contribution in [1.82, 2.24) is 10.2 Å². The number of nitrogens with zero attached hydrogens (tertiary/aromatic N) is 2. The van der Waals surface area contributed by atoms with Gasteiger partial charge in [0.1, 0.15) is 0 Å². The molecule has 30 heavy (non-hydrogen) atoms. The molecule has 4 rings (SSSR count). The zero-order valence-corrected chi connectivity index (χ0v) is 17.2. The van der Waals surface area contributed by atoms with E-state index in [1.807, 2.05) is 49.4 Å². The van der Waals surface area contributed by atoms with Gasteiger partial charge in [-0.25, -0.2) is 0 Å². The summed E-state index contributed by atoms with van der Waals surface area (Å²) in [6, 6.07) is 13.6. The number of fused-ring (bicyclic) bond motifs is 1. The summed E-state index contributed by atoms with van der Waals surface area (Å²) in [5.41, 5.74) is 5.17. The second kappa shape index (κ2) is 8.61. The first-order chi connectivity index (χ1) is 14.5. The number of aryl methyl sites for hydroxylation is 3. The Morgan fingerprint density at radius 1 is 1.03 bits per heavy atom. The van der Waals surface area contributed by atoms with Crippen molar-refractivity contribution in [2.24, 2.45) is 0 Å². The van der Waals surface area contributed by atoms with E-state index in [-0.39, 0.29) is 24.5 Å². The average Bonchev–Trinajstić information content (AvgIpc) is 3.41. The lowest BCUT2D eigenvalue weighted by molar-refractivity contribution is -0.149. The zero-order chi connectivity index (χ0) is 21.1. The van der Waals surface area contributed by atoms with E-state index in [2.05, 4.69) is 10.2 Å². The van der Waals surface area contributed by atoms with Crippen LogP contribution in [0.4, 0.5) is 0 Å². The van der Waals surface area contributed by atoms with Crippen LogP contribution < -0.4 is 0 Å². The van der Waals surface area contributed by atoms with Gasteiger partial charge in [0.05, 0.1) is 6.42 Å². The number of rotatable bonds is 7. The third-order valence-electron chi connectivity index (χ3n) is 5.37. The average molecular weight is 404 g/mol. The van der Waals surface area contributed by atoms with Crippen LogP contribution in [0.5, 0.6) is 0 Å². The van der Waals surface area contributed by atoms with Crippen LogP contribution in [0.2, 0.25) is 0 Å². The van der Waals surface area contributed by atoms with E-state index < -0.39 is 12.1 Å². The molecule has 1 atom stereocenters. The Morgan fingerprint density at radius 2 is 1.80 bits per heavy atom. The molecule has 1 aliphatic rings. The van der Waals surface area contributed by atoms with E-state index >= 15 is 0 Å². The fourth-order valence-corrected chi connectivity index (χ4v) is 3.62. The number of carbonyl (C=O) groups is 2. The molecule has 0 fully saturated rings. The minimum Gasteiger partial charge on any atom is -0.453 e. The normalized spacial score (nSPS) is 13.7. The first kappa shape index (κ1) is 20.0. The number of hydrogen-bond acceptors (Lipinski definition) is 6. The quantitative estimate of drug-likeness (QED) is 0.415. The van der Waals surface area contributed by atoms with Gasteiger partial charge in [-0.15, -0.1) is 10.2 Å². The van der Waals surface area contributed by atoms with Gasteiger partial charge in [0.25, 0.3) is 5.89 Å². The Morgan fingerprint density at radius 3 is 2.60 bits per heavy atom. The Kier molecular flexibility index (Phi) is 5.74. The summed E-state index contributed by atoms with van der Waals surface area (Å²) in [6.45, 7) is 3.67. The number of ether oxygens (including phenoxy) is 1. The minimum atomic E-state index is -0.681. The Bertz CT molecular complexity index is 1070. The lowest BCUT2D eigenvalue weighted by atomic mass is 10.0. The summed E-state index contributed by atoms with van der Waals surface area (Å²) in [5, 5.41) is 8.01. The van der Waals surface area contributed by atoms with Crippen LogP contribution in [0.1, 0.15) is 65.2 Å². The van der Waals surface area contributed by atoms with Crippen LogP contribution in [0.25, 0.3) is 11.5 Å². The van der Waals surface area contributed by atoms with E-state index in [4.69, 9.17) is 9.15 Å². The SMILES string of the molecule is Cc1ccc(-c2nnc([C@H](C)OC(=O)CCC(=O)c3ccc4c(c3)CCC4)o2)cc1. The van der Waals surface area contributed by atoms with Gasteiger partial charge >= 0.3 is 5.97 Å². The van der Waals surface area contributed by atoms with E-state index in [0.717, 1.165) is 30.4 Å². The second-order valence-corrected chi connectivity index (χ2v) is 7.70. The van der Waals surface area contributed by atoms with Crippen LogP contribution in [0, 0.1) is 6.92 Å². The third kappa shape index (κ3) is 4.48. The molecule has 0 unspecified atom stereocenters. The molecule has 1 aliphatic carbocycles. The largest absolute Gasteiger partial charge is 0.453 e. The van der Waals surface area contributed by atoms with Crippen LogP contribution in [-0.2, 0) is 22.4 Å². The van der Waals surface area contributed by atoms with E-state index in [1.165, 1.54) is 11.1 Å². The number of aromatic nitrogens is 2. The lowest BCUT2D eigenvalue weighted by Crippen LogP contribution is -2.11. The van der Waals surface area contributed by atoms with Crippen molar-refractivity contribution in [2.75, 3.05) is 0 Å². The fraction of sp³-hybridized carbons (Fsp3) is 0.333. The topological polar surface area (TPSA) is 82.3 Å². The second-order valence-electron chi connectivity index (χ2n) is 7.70. The van der Waals surface area contributed by atoms with Crippen molar-refractivity contribution in [3.05, 3.63) is 70.6 Å². The molecule has 0 bridgehead atoms. The number of carbonyl (C=O) groups excluding carboxylic acids is 2. The molecule has 154 valence electrons. The van der Waals surface area contributed by atoms with Gasteiger partial charge in [0.2, 0.25) is 5.89 Å². The molecular weight excluding hydrogens is 380 g/mol. The highest BCUT2D eigenvalue weighted by Gasteiger charge is 2.20. The van der Waals surface area contributed by atoms with Gasteiger partial charge in [-0.2, -0.15) is 0 Å². The minimum absolute atomic E-state index is 0.0131. The highest BCUT2D eigenvalue weighted by Crippen LogP contribution is 2.25. The van der Waals surface area contributed by atoms with Gasteiger partial charge in [0.15, 0.2) is 11.9 Å². The number of Topliss-reactive ketones (excluding diaryl/α,β-unsaturated/α-hetero) is 1. The zero-order valence-electron chi connectivity index (χ0n) is 17.2. The summed E-state index contributed by atoms with van der Waals surface area (Å²) in [5.74, 6) is 0.0874. The molecule has 0 aliphatic heterocycles. The van der Waals surface area contributed by atoms with Crippen molar-refractivity contribution in [1.29, 1.82) is 0 Å². The maximum absolute atomic E-state index is 12.4. The van der Waals surface area contributed by atoms with Crippen LogP contribution in [-0.4, -0.2) is 21.9 Å². The maximum atomic E-state index is 12.4. The van der Waals surface area contributed by atoms with E-state index in [9.17, 15) is 9.59 Å². The van der Waals surface area contributed by atoms with Gasteiger partial charge in [0, 0.05) is 17.5 Å². The van der Waals surface area contributed by atoms with Crippen LogP contribution in [0.15, 0.2) is 46.9 Å². The molecule has 1 aromatic heterocycles. The van der Waals surface area contributed by atoms with Crippen molar-refractivity contribution >= 4 is 11.8 Å². The molecule has 6 nitrogen and oxygen atoms in total. The highest BCUT2D eigenvalue weighted by atomic mass is 16.6. The first-order valence-electron chi connectivity index (χ1n) is 10.2. The Balaban J connectivity index is 1.30. The van der Waals surface area contributed by atoms with Crippen molar-refractivity contribution in [2.45, 2.75) is 52.1 Å².